The third-order valence-corrected chi connectivity index (χ3v) is 2.78. The number of hydrogen-bond acceptors (Lipinski definition) is 3. The molecule has 3 nitrogen and oxygen atoms in total. The van der Waals surface area contributed by atoms with Crippen LogP contribution in [0.15, 0.2) is 30.6 Å². The Kier molecular flexibility index (Phi) is 4.23. The predicted octanol–water partition coefficient (Wildman–Crippen LogP) is 2.87. The van der Waals surface area contributed by atoms with Gasteiger partial charge in [-0.1, -0.05) is 23.7 Å². The lowest BCUT2D eigenvalue weighted by atomic mass is 10.2. The van der Waals surface area contributed by atoms with Crippen LogP contribution in [0.1, 0.15) is 17.0 Å². The Hall–Kier alpha value is -1.52. The molecular formula is C13H13ClFN3. The molecule has 1 aromatic carbocycles. The zero-order valence-corrected chi connectivity index (χ0v) is 10.7. The lowest BCUT2D eigenvalue weighted by molar-refractivity contribution is 0.585. The number of aryl methyl sites for hydroxylation is 1. The first-order valence-corrected chi connectivity index (χ1v) is 5.96. The Morgan fingerprint density at radius 3 is 2.78 bits per heavy atom. The normalized spacial score (nSPS) is 10.6. The number of aromatic nitrogens is 2. The standard InChI is InChI=1S/C13H13ClFN3/c1-9-5-18-11(8-17-9)7-16-6-10-3-2-4-12(14)13(10)15/h2-5,8,16H,6-7H2,1H3. The van der Waals surface area contributed by atoms with Crippen LogP contribution in [0.5, 0.6) is 0 Å². The molecule has 0 atom stereocenters. The average Bonchev–Trinajstić information content (AvgIpc) is 2.37. The Balaban J connectivity index is 1.92. The number of hydrogen-bond donors (Lipinski definition) is 1. The van der Waals surface area contributed by atoms with E-state index in [2.05, 4.69) is 15.3 Å². The fourth-order valence-corrected chi connectivity index (χ4v) is 1.71. The smallest absolute Gasteiger partial charge is 0.146 e. The fourth-order valence-electron chi connectivity index (χ4n) is 1.52. The molecule has 1 N–H and O–H groups in total. The second-order valence-corrected chi connectivity index (χ2v) is 4.37. The monoisotopic (exact) mass is 265 g/mol. The quantitative estimate of drug-likeness (QED) is 0.924. The third kappa shape index (κ3) is 3.24. The number of benzene rings is 1. The molecule has 1 aromatic heterocycles. The van der Waals surface area contributed by atoms with Crippen LogP contribution in [0.4, 0.5) is 4.39 Å². The van der Waals surface area contributed by atoms with E-state index < -0.39 is 0 Å². The van der Waals surface area contributed by atoms with Crippen LogP contribution in [0.25, 0.3) is 0 Å². The Morgan fingerprint density at radius 2 is 2.06 bits per heavy atom. The Bertz CT molecular complexity index is 528. The van der Waals surface area contributed by atoms with Crippen LogP contribution in [0.3, 0.4) is 0 Å². The van der Waals surface area contributed by atoms with Gasteiger partial charge >= 0.3 is 0 Å². The first-order valence-electron chi connectivity index (χ1n) is 5.58. The van der Waals surface area contributed by atoms with Crippen LogP contribution < -0.4 is 5.32 Å². The lowest BCUT2D eigenvalue weighted by Gasteiger charge is -2.06. The van der Waals surface area contributed by atoms with Crippen molar-refractivity contribution in [2.45, 2.75) is 20.0 Å². The molecular weight excluding hydrogens is 253 g/mol. The van der Waals surface area contributed by atoms with Crippen molar-refractivity contribution in [3.63, 3.8) is 0 Å². The minimum Gasteiger partial charge on any atom is -0.307 e. The number of rotatable bonds is 4. The van der Waals surface area contributed by atoms with Crippen LogP contribution in [-0.4, -0.2) is 9.97 Å². The van der Waals surface area contributed by atoms with Crippen LogP contribution in [-0.2, 0) is 13.1 Å². The van der Waals surface area contributed by atoms with Crippen molar-refractivity contribution in [1.29, 1.82) is 0 Å². The van der Waals surface area contributed by atoms with Gasteiger partial charge in [0.05, 0.1) is 16.4 Å². The predicted molar refractivity (Wildman–Crippen MR) is 68.7 cm³/mol. The van der Waals surface area contributed by atoms with Crippen molar-refractivity contribution in [1.82, 2.24) is 15.3 Å². The van der Waals surface area contributed by atoms with Crippen molar-refractivity contribution < 1.29 is 4.39 Å². The summed E-state index contributed by atoms with van der Waals surface area (Å²) in [5.74, 6) is -0.373. The number of halogens is 2. The highest BCUT2D eigenvalue weighted by Gasteiger charge is 2.05. The largest absolute Gasteiger partial charge is 0.307 e. The van der Waals surface area contributed by atoms with E-state index in [0.717, 1.165) is 11.4 Å². The van der Waals surface area contributed by atoms with E-state index in [1.807, 2.05) is 6.92 Å². The molecule has 0 saturated carbocycles. The van der Waals surface area contributed by atoms with Gasteiger partial charge in [-0.05, 0) is 13.0 Å². The van der Waals surface area contributed by atoms with Gasteiger partial charge < -0.3 is 5.32 Å². The van der Waals surface area contributed by atoms with Crippen molar-refractivity contribution in [3.8, 4) is 0 Å². The van der Waals surface area contributed by atoms with Gasteiger partial charge in [0.25, 0.3) is 0 Å². The van der Waals surface area contributed by atoms with Gasteiger partial charge in [-0.3, -0.25) is 9.97 Å². The molecule has 0 unspecified atom stereocenters. The summed E-state index contributed by atoms with van der Waals surface area (Å²) >= 11 is 5.70. The van der Waals surface area contributed by atoms with E-state index in [0.29, 0.717) is 18.7 Å². The molecule has 0 aliphatic heterocycles. The van der Waals surface area contributed by atoms with Gasteiger partial charge in [-0.2, -0.15) is 0 Å². The van der Waals surface area contributed by atoms with Crippen molar-refractivity contribution in [3.05, 3.63) is 58.4 Å². The van der Waals surface area contributed by atoms with E-state index in [4.69, 9.17) is 11.6 Å². The van der Waals surface area contributed by atoms with Gasteiger partial charge in [0, 0.05) is 31.0 Å². The SMILES string of the molecule is Cc1cnc(CNCc2cccc(Cl)c2F)cn1. The topological polar surface area (TPSA) is 37.8 Å². The van der Waals surface area contributed by atoms with Crippen LogP contribution in [0, 0.1) is 12.7 Å². The zero-order chi connectivity index (χ0) is 13.0. The third-order valence-electron chi connectivity index (χ3n) is 2.49. The molecule has 0 saturated heterocycles. The molecule has 0 radical (unpaired) electrons. The summed E-state index contributed by atoms with van der Waals surface area (Å²) < 4.78 is 13.6. The van der Waals surface area contributed by atoms with E-state index in [-0.39, 0.29) is 10.8 Å². The van der Waals surface area contributed by atoms with Crippen LogP contribution >= 0.6 is 11.6 Å². The Morgan fingerprint density at radius 1 is 1.22 bits per heavy atom. The maximum Gasteiger partial charge on any atom is 0.146 e. The first kappa shape index (κ1) is 12.9. The molecule has 5 heteroatoms. The summed E-state index contributed by atoms with van der Waals surface area (Å²) in [6.45, 7) is 2.83. The van der Waals surface area contributed by atoms with Gasteiger partial charge in [0.15, 0.2) is 0 Å². The minimum absolute atomic E-state index is 0.143. The maximum atomic E-state index is 13.6. The molecule has 0 aliphatic carbocycles. The maximum absolute atomic E-state index is 13.6. The molecule has 0 bridgehead atoms. The summed E-state index contributed by atoms with van der Waals surface area (Å²) in [6.07, 6.45) is 3.41. The van der Waals surface area contributed by atoms with E-state index in [1.165, 1.54) is 6.07 Å². The average molecular weight is 266 g/mol. The molecule has 0 amide bonds. The van der Waals surface area contributed by atoms with Crippen LogP contribution in [0.2, 0.25) is 5.02 Å². The van der Waals surface area contributed by atoms with E-state index in [1.54, 1.807) is 24.5 Å². The molecule has 18 heavy (non-hydrogen) atoms. The molecule has 94 valence electrons. The summed E-state index contributed by atoms with van der Waals surface area (Å²) in [4.78, 5) is 8.34. The Labute approximate surface area is 110 Å². The highest BCUT2D eigenvalue weighted by molar-refractivity contribution is 6.30. The summed E-state index contributed by atoms with van der Waals surface area (Å²) in [7, 11) is 0. The molecule has 0 spiro atoms. The van der Waals surface area contributed by atoms with E-state index in [9.17, 15) is 4.39 Å². The fraction of sp³-hybridized carbons (Fsp3) is 0.231. The summed E-state index contributed by atoms with van der Waals surface area (Å²) in [5, 5.41) is 3.25. The summed E-state index contributed by atoms with van der Waals surface area (Å²) in [6, 6.07) is 4.97. The molecule has 2 rings (SSSR count). The van der Waals surface area contributed by atoms with Crippen molar-refractivity contribution in [2.75, 3.05) is 0 Å². The second kappa shape index (κ2) is 5.89. The molecule has 1 heterocycles. The van der Waals surface area contributed by atoms with Gasteiger partial charge in [-0.25, -0.2) is 4.39 Å². The molecule has 0 aliphatic rings. The zero-order valence-electron chi connectivity index (χ0n) is 9.95. The summed E-state index contributed by atoms with van der Waals surface area (Å²) in [5.41, 5.74) is 2.24. The molecule has 0 fully saturated rings. The second-order valence-electron chi connectivity index (χ2n) is 3.97. The highest BCUT2D eigenvalue weighted by atomic mass is 35.5. The molecule has 2 aromatic rings. The van der Waals surface area contributed by atoms with Gasteiger partial charge in [-0.15, -0.1) is 0 Å². The highest BCUT2D eigenvalue weighted by Crippen LogP contribution is 2.17. The van der Waals surface area contributed by atoms with Gasteiger partial charge in [0.2, 0.25) is 0 Å². The van der Waals surface area contributed by atoms with Gasteiger partial charge in [0.1, 0.15) is 5.82 Å². The first-order chi connectivity index (χ1) is 8.66. The van der Waals surface area contributed by atoms with Crippen molar-refractivity contribution >= 4 is 11.6 Å². The van der Waals surface area contributed by atoms with E-state index >= 15 is 0 Å². The number of nitrogens with one attached hydrogen (secondary N) is 1. The minimum atomic E-state index is -0.373. The lowest BCUT2D eigenvalue weighted by Crippen LogP contribution is -2.15. The van der Waals surface area contributed by atoms with Crippen molar-refractivity contribution in [2.24, 2.45) is 0 Å². The number of nitrogens with zero attached hydrogens (tertiary/aromatic N) is 2.